The van der Waals surface area contributed by atoms with Crippen LogP contribution < -0.4 is 0 Å². The normalized spacial score (nSPS) is 9.78. The molecule has 0 radical (unpaired) electrons. The average molecular weight is 268 g/mol. The second-order valence-corrected chi connectivity index (χ2v) is 4.96. The maximum Gasteiger partial charge on any atom is 0.264 e. The number of benzene rings is 2. The van der Waals surface area contributed by atoms with Gasteiger partial charge >= 0.3 is 0 Å². The van der Waals surface area contributed by atoms with E-state index in [1.807, 2.05) is 13.8 Å². The summed E-state index contributed by atoms with van der Waals surface area (Å²) in [5.41, 5.74) is 0. The summed E-state index contributed by atoms with van der Waals surface area (Å²) in [6.07, 6.45) is 0.993. The molecular weight excluding hydrogens is 248 g/mol. The van der Waals surface area contributed by atoms with E-state index < -0.39 is 10.1 Å². The van der Waals surface area contributed by atoms with Gasteiger partial charge in [0.1, 0.15) is 0 Å². The molecule has 0 fully saturated rings. The van der Waals surface area contributed by atoms with Crippen molar-refractivity contribution in [2.45, 2.75) is 13.8 Å². The van der Waals surface area contributed by atoms with Gasteiger partial charge in [-0.2, -0.15) is 8.42 Å². The Morgan fingerprint density at radius 1 is 0.833 bits per heavy atom. The van der Waals surface area contributed by atoms with Crippen molar-refractivity contribution in [2.75, 3.05) is 13.4 Å². The van der Waals surface area contributed by atoms with E-state index in [0.717, 1.165) is 13.4 Å². The second-order valence-electron chi connectivity index (χ2n) is 3.22. The summed E-state index contributed by atoms with van der Waals surface area (Å²) in [5, 5.41) is 2.62. The minimum atomic E-state index is -3.16. The zero-order valence-electron chi connectivity index (χ0n) is 11.3. The monoisotopic (exact) mass is 268 g/mol. The molecule has 18 heavy (non-hydrogen) atoms. The lowest BCUT2D eigenvalue weighted by atomic mass is 10.1. The molecule has 2 aromatic rings. The summed E-state index contributed by atoms with van der Waals surface area (Å²) < 4.78 is 23.5. The highest BCUT2D eigenvalue weighted by molar-refractivity contribution is 7.85. The zero-order chi connectivity index (χ0) is 14.0. The largest absolute Gasteiger partial charge is 0.274 e. The molecule has 100 valence electrons. The van der Waals surface area contributed by atoms with Crippen molar-refractivity contribution < 1.29 is 12.6 Å². The van der Waals surface area contributed by atoms with Crippen LogP contribution in [-0.4, -0.2) is 21.8 Å². The van der Waals surface area contributed by atoms with E-state index in [1.165, 1.54) is 10.8 Å². The molecule has 0 bridgehead atoms. The fourth-order valence-electron chi connectivity index (χ4n) is 1.13. The van der Waals surface area contributed by atoms with Crippen LogP contribution in [0.4, 0.5) is 0 Å². The summed E-state index contributed by atoms with van der Waals surface area (Å²) in [4.78, 5) is 0. The lowest BCUT2D eigenvalue weighted by Gasteiger charge is -1.92. The van der Waals surface area contributed by atoms with Crippen LogP contribution in [0.1, 0.15) is 13.8 Å². The molecule has 0 atom stereocenters. The van der Waals surface area contributed by atoms with Gasteiger partial charge in [-0.05, 0) is 10.8 Å². The summed E-state index contributed by atoms with van der Waals surface area (Å²) in [7, 11) is -2.04. The quantitative estimate of drug-likeness (QED) is 0.744. The summed E-state index contributed by atoms with van der Waals surface area (Å²) in [6, 6.07) is 16.7. The molecule has 2 aromatic carbocycles. The lowest BCUT2D eigenvalue weighted by molar-refractivity contribution is 0.403. The van der Waals surface area contributed by atoms with Crippen LogP contribution >= 0.6 is 0 Å². The van der Waals surface area contributed by atoms with E-state index in [9.17, 15) is 8.42 Å². The van der Waals surface area contributed by atoms with Crippen LogP contribution in [0, 0.1) is 0 Å². The molecule has 0 saturated heterocycles. The molecule has 0 spiro atoms. The van der Waals surface area contributed by atoms with Crippen molar-refractivity contribution in [3.63, 3.8) is 0 Å². The van der Waals surface area contributed by atoms with Gasteiger partial charge in [-0.3, -0.25) is 4.18 Å². The topological polar surface area (TPSA) is 43.4 Å². The molecule has 0 saturated carbocycles. The first kappa shape index (κ1) is 16.6. The summed E-state index contributed by atoms with van der Waals surface area (Å²) in [5.74, 6) is 0. The lowest BCUT2D eigenvalue weighted by Crippen LogP contribution is -1.95. The summed E-state index contributed by atoms with van der Waals surface area (Å²) in [6.45, 7) is 4.00. The first-order valence-corrected chi connectivity index (χ1v) is 7.54. The molecule has 4 heteroatoms. The van der Waals surface area contributed by atoms with E-state index in [-0.39, 0.29) is 0 Å². The molecule has 3 nitrogen and oxygen atoms in total. The van der Waals surface area contributed by atoms with Gasteiger partial charge in [0.05, 0.1) is 13.4 Å². The third kappa shape index (κ3) is 7.04. The van der Waals surface area contributed by atoms with Crippen LogP contribution in [-0.2, 0) is 14.3 Å². The first-order chi connectivity index (χ1) is 8.53. The van der Waals surface area contributed by atoms with Gasteiger partial charge in [-0.15, -0.1) is 0 Å². The number of hydrogen-bond donors (Lipinski definition) is 0. The minimum Gasteiger partial charge on any atom is -0.274 e. The average Bonchev–Trinajstić information content (AvgIpc) is 2.41. The maximum absolute atomic E-state index is 9.78. The van der Waals surface area contributed by atoms with Crippen LogP contribution in [0.5, 0.6) is 0 Å². The SMILES string of the molecule is CC.COS(C)(=O)=O.c1ccc2ccccc2c1. The van der Waals surface area contributed by atoms with Crippen molar-refractivity contribution in [1.29, 1.82) is 0 Å². The van der Waals surface area contributed by atoms with E-state index >= 15 is 0 Å². The maximum atomic E-state index is 9.78. The highest BCUT2D eigenvalue weighted by atomic mass is 32.2. The highest BCUT2D eigenvalue weighted by Crippen LogP contribution is 2.11. The van der Waals surface area contributed by atoms with Gasteiger partial charge in [0.2, 0.25) is 0 Å². The van der Waals surface area contributed by atoms with Crippen LogP contribution in [0.2, 0.25) is 0 Å². The standard InChI is InChI=1S/C10H8.C2H6O3S.C2H6/c1-2-6-10-8-4-3-7-9(10)5-1;1-5-6(2,3)4;1-2/h1-8H;1-2H3;1-2H3. The van der Waals surface area contributed by atoms with Crippen LogP contribution in [0.3, 0.4) is 0 Å². The summed E-state index contributed by atoms with van der Waals surface area (Å²) >= 11 is 0. The van der Waals surface area contributed by atoms with Gasteiger partial charge in [0.25, 0.3) is 10.1 Å². The Morgan fingerprint density at radius 2 is 1.06 bits per heavy atom. The molecule has 0 amide bonds. The van der Waals surface area contributed by atoms with Crippen molar-refractivity contribution in [1.82, 2.24) is 0 Å². The van der Waals surface area contributed by atoms with Gasteiger partial charge in [-0.1, -0.05) is 62.4 Å². The molecule has 0 aliphatic heterocycles. The first-order valence-electron chi connectivity index (χ1n) is 5.72. The number of fused-ring (bicyclic) bond motifs is 1. The fourth-order valence-corrected chi connectivity index (χ4v) is 1.13. The van der Waals surface area contributed by atoms with Crippen molar-refractivity contribution in [2.24, 2.45) is 0 Å². The van der Waals surface area contributed by atoms with Gasteiger partial charge < -0.3 is 0 Å². The molecule has 0 aliphatic rings. The second kappa shape index (κ2) is 8.66. The third-order valence-electron chi connectivity index (χ3n) is 1.96. The van der Waals surface area contributed by atoms with E-state index in [1.54, 1.807) is 0 Å². The Balaban J connectivity index is 0.000000315. The van der Waals surface area contributed by atoms with E-state index in [2.05, 4.69) is 52.7 Å². The van der Waals surface area contributed by atoms with E-state index in [0.29, 0.717) is 0 Å². The molecule has 0 N–H and O–H groups in total. The van der Waals surface area contributed by atoms with Crippen LogP contribution in [0.15, 0.2) is 48.5 Å². The van der Waals surface area contributed by atoms with Crippen molar-refractivity contribution in [3.8, 4) is 0 Å². The van der Waals surface area contributed by atoms with Gasteiger partial charge in [-0.25, -0.2) is 0 Å². The third-order valence-corrected chi connectivity index (χ3v) is 2.57. The number of rotatable bonds is 1. The Labute approximate surface area is 110 Å². The zero-order valence-corrected chi connectivity index (χ0v) is 12.1. The molecule has 0 unspecified atom stereocenters. The predicted octanol–water partition coefficient (Wildman–Crippen LogP) is 3.46. The van der Waals surface area contributed by atoms with Crippen LogP contribution in [0.25, 0.3) is 10.8 Å². The molecule has 0 aliphatic carbocycles. The van der Waals surface area contributed by atoms with E-state index in [4.69, 9.17) is 0 Å². The Morgan fingerprint density at radius 3 is 1.22 bits per heavy atom. The minimum absolute atomic E-state index is 0.993. The molecular formula is C14H20O3S. The van der Waals surface area contributed by atoms with Crippen molar-refractivity contribution in [3.05, 3.63) is 48.5 Å². The Hall–Kier alpha value is -1.39. The predicted molar refractivity (Wildman–Crippen MR) is 77.1 cm³/mol. The fraction of sp³-hybridized carbons (Fsp3) is 0.286. The van der Waals surface area contributed by atoms with Crippen molar-refractivity contribution >= 4 is 20.9 Å². The Bertz CT molecular complexity index is 482. The van der Waals surface area contributed by atoms with Gasteiger partial charge in [0, 0.05) is 0 Å². The molecule has 0 aromatic heterocycles. The number of hydrogen-bond acceptors (Lipinski definition) is 3. The molecule has 0 heterocycles. The van der Waals surface area contributed by atoms with Gasteiger partial charge in [0.15, 0.2) is 0 Å². The molecule has 2 rings (SSSR count). The Kier molecular flexibility index (Phi) is 8.00. The highest BCUT2D eigenvalue weighted by Gasteiger charge is 1.90. The smallest absolute Gasteiger partial charge is 0.264 e.